The zero-order valence-electron chi connectivity index (χ0n) is 17.8. The van der Waals surface area contributed by atoms with Gasteiger partial charge in [0.05, 0.1) is 24.0 Å². The third kappa shape index (κ3) is 5.48. The van der Waals surface area contributed by atoms with Crippen LogP contribution >= 0.6 is 0 Å². The van der Waals surface area contributed by atoms with E-state index in [2.05, 4.69) is 15.4 Å². The van der Waals surface area contributed by atoms with Crippen molar-refractivity contribution in [2.24, 2.45) is 0 Å². The van der Waals surface area contributed by atoms with Crippen LogP contribution in [0.3, 0.4) is 0 Å². The molecule has 3 rings (SSSR count). The summed E-state index contributed by atoms with van der Waals surface area (Å²) < 4.78 is 12.7. The topological polar surface area (TPSA) is 98.0 Å². The van der Waals surface area contributed by atoms with E-state index in [0.717, 1.165) is 27.9 Å². The summed E-state index contributed by atoms with van der Waals surface area (Å²) in [5.74, 6) is 0.681. The number of rotatable bonds is 7. The Hall–Kier alpha value is -3.13. The van der Waals surface area contributed by atoms with E-state index in [4.69, 9.17) is 14.6 Å². The van der Waals surface area contributed by atoms with E-state index in [-0.39, 0.29) is 6.61 Å². The van der Waals surface area contributed by atoms with Gasteiger partial charge in [-0.25, -0.2) is 14.3 Å². The zero-order chi connectivity index (χ0) is 21.7. The van der Waals surface area contributed by atoms with E-state index >= 15 is 0 Å². The van der Waals surface area contributed by atoms with Gasteiger partial charge in [-0.3, -0.25) is 0 Å². The Labute approximate surface area is 175 Å². The van der Waals surface area contributed by atoms with E-state index < -0.39 is 11.7 Å². The van der Waals surface area contributed by atoms with Crippen LogP contribution in [0.4, 0.5) is 4.79 Å². The minimum absolute atomic E-state index is 0.0901. The van der Waals surface area contributed by atoms with Crippen molar-refractivity contribution in [2.45, 2.75) is 46.3 Å². The predicted octanol–water partition coefficient (Wildman–Crippen LogP) is 3.49. The highest BCUT2D eigenvalue weighted by Gasteiger charge is 2.16. The smallest absolute Gasteiger partial charge is 0.407 e. The quantitative estimate of drug-likeness (QED) is 0.577. The molecule has 1 amide bonds. The van der Waals surface area contributed by atoms with Gasteiger partial charge in [-0.05, 0) is 44.9 Å². The largest absolute Gasteiger partial charge is 0.492 e. The summed E-state index contributed by atoms with van der Waals surface area (Å²) in [4.78, 5) is 16.4. The normalized spacial score (nSPS) is 11.5. The summed E-state index contributed by atoms with van der Waals surface area (Å²) in [7, 11) is 0. The lowest BCUT2D eigenvalue weighted by molar-refractivity contribution is 0.0523. The second kappa shape index (κ2) is 9.13. The van der Waals surface area contributed by atoms with Crippen molar-refractivity contribution in [2.75, 3.05) is 13.2 Å². The first kappa shape index (κ1) is 21.6. The number of aliphatic hydroxyl groups is 1. The molecule has 0 saturated carbocycles. The molecule has 0 saturated heterocycles. The Bertz CT molecular complexity index is 1020. The van der Waals surface area contributed by atoms with Gasteiger partial charge >= 0.3 is 6.09 Å². The second-order valence-electron chi connectivity index (χ2n) is 8.04. The Balaban J connectivity index is 1.77. The number of alkyl carbamates (subject to hydrolysis) is 1. The first-order valence-corrected chi connectivity index (χ1v) is 9.90. The maximum absolute atomic E-state index is 11.9. The molecule has 160 valence electrons. The molecule has 0 aliphatic rings. The van der Waals surface area contributed by atoms with Crippen molar-refractivity contribution in [3.63, 3.8) is 0 Å². The van der Waals surface area contributed by atoms with Crippen LogP contribution < -0.4 is 10.1 Å². The Kier molecular flexibility index (Phi) is 6.56. The average molecular weight is 412 g/mol. The molecule has 0 aliphatic carbocycles. The molecular weight excluding hydrogens is 384 g/mol. The van der Waals surface area contributed by atoms with Gasteiger partial charge in [0.2, 0.25) is 0 Å². The van der Waals surface area contributed by atoms with E-state index in [0.29, 0.717) is 25.3 Å². The average Bonchev–Trinajstić information content (AvgIpc) is 3.08. The number of carbonyl (C=O) groups is 1. The highest BCUT2D eigenvalue weighted by atomic mass is 16.6. The van der Waals surface area contributed by atoms with Gasteiger partial charge in [-0.1, -0.05) is 12.1 Å². The number of amides is 1. The van der Waals surface area contributed by atoms with Crippen molar-refractivity contribution in [3.8, 4) is 17.0 Å². The fraction of sp³-hybridized carbons (Fsp3) is 0.409. The minimum Gasteiger partial charge on any atom is -0.492 e. The van der Waals surface area contributed by atoms with E-state index in [1.165, 1.54) is 6.33 Å². The van der Waals surface area contributed by atoms with Crippen molar-refractivity contribution < 1.29 is 19.4 Å². The SMILES string of the molecule is Cc1cc(-c2ncnn3cc(OCCCO)cc23)ccc1CNC(=O)OC(C)(C)C. The summed E-state index contributed by atoms with van der Waals surface area (Å²) in [6, 6.07) is 7.87. The van der Waals surface area contributed by atoms with Crippen LogP contribution in [-0.4, -0.2) is 44.6 Å². The molecule has 0 unspecified atom stereocenters. The summed E-state index contributed by atoms with van der Waals surface area (Å²) in [5.41, 5.74) is 4.07. The molecule has 0 atom stereocenters. The van der Waals surface area contributed by atoms with Gasteiger partial charge in [0.15, 0.2) is 0 Å². The highest BCUT2D eigenvalue weighted by Crippen LogP contribution is 2.27. The lowest BCUT2D eigenvalue weighted by Crippen LogP contribution is -2.32. The third-order valence-corrected chi connectivity index (χ3v) is 4.39. The summed E-state index contributed by atoms with van der Waals surface area (Å²) >= 11 is 0. The monoisotopic (exact) mass is 412 g/mol. The molecular formula is C22H28N4O4. The number of benzene rings is 1. The van der Waals surface area contributed by atoms with Crippen molar-refractivity contribution in [3.05, 3.63) is 47.9 Å². The number of nitrogens with zero attached hydrogens (tertiary/aromatic N) is 3. The lowest BCUT2D eigenvalue weighted by atomic mass is 10.0. The zero-order valence-corrected chi connectivity index (χ0v) is 17.8. The number of aryl methyl sites for hydroxylation is 1. The lowest BCUT2D eigenvalue weighted by Gasteiger charge is -2.20. The molecule has 2 aromatic heterocycles. The number of carbonyl (C=O) groups excluding carboxylic acids is 1. The molecule has 0 aliphatic heterocycles. The number of nitrogens with one attached hydrogen (secondary N) is 1. The van der Waals surface area contributed by atoms with Gasteiger partial charge in [-0.15, -0.1) is 0 Å². The molecule has 2 heterocycles. The minimum atomic E-state index is -0.529. The standard InChI is InChI=1S/C22H28N4O4/c1-15-10-16(6-7-17(15)12-23-21(28)30-22(2,3)4)20-19-11-18(29-9-5-8-27)13-26(19)25-14-24-20/h6-7,10-11,13-14,27H,5,8-9,12H2,1-4H3,(H,23,28). The highest BCUT2D eigenvalue weighted by molar-refractivity contribution is 5.78. The van der Waals surface area contributed by atoms with Gasteiger partial charge < -0.3 is 19.9 Å². The first-order valence-electron chi connectivity index (χ1n) is 9.90. The van der Waals surface area contributed by atoms with Crippen molar-refractivity contribution in [1.29, 1.82) is 0 Å². The molecule has 0 spiro atoms. The van der Waals surface area contributed by atoms with Crippen molar-refractivity contribution >= 4 is 11.6 Å². The van der Waals surface area contributed by atoms with Crippen LogP contribution in [0.1, 0.15) is 38.3 Å². The molecule has 0 bridgehead atoms. The van der Waals surface area contributed by atoms with E-state index in [1.807, 2.05) is 52.0 Å². The summed E-state index contributed by atoms with van der Waals surface area (Å²) in [6.07, 6.45) is 3.44. The Morgan fingerprint density at radius 1 is 1.27 bits per heavy atom. The maximum atomic E-state index is 11.9. The van der Waals surface area contributed by atoms with Crippen LogP contribution in [0.25, 0.3) is 16.8 Å². The number of hydrogen-bond acceptors (Lipinski definition) is 6. The molecule has 0 radical (unpaired) electrons. The summed E-state index contributed by atoms with van der Waals surface area (Å²) in [5, 5.41) is 15.9. The number of ether oxygens (including phenoxy) is 2. The molecule has 1 aromatic carbocycles. The van der Waals surface area contributed by atoms with E-state index in [9.17, 15) is 4.79 Å². The fourth-order valence-electron chi connectivity index (χ4n) is 2.98. The predicted molar refractivity (Wildman–Crippen MR) is 113 cm³/mol. The molecule has 3 aromatic rings. The van der Waals surface area contributed by atoms with Gasteiger partial charge in [0.1, 0.15) is 17.7 Å². The van der Waals surface area contributed by atoms with Crippen LogP contribution in [0, 0.1) is 6.92 Å². The first-order chi connectivity index (χ1) is 14.3. The van der Waals surface area contributed by atoms with Crippen LogP contribution in [0.2, 0.25) is 0 Å². The fourth-order valence-corrected chi connectivity index (χ4v) is 2.98. The Morgan fingerprint density at radius 3 is 2.77 bits per heavy atom. The van der Waals surface area contributed by atoms with Crippen LogP contribution in [-0.2, 0) is 11.3 Å². The molecule has 30 heavy (non-hydrogen) atoms. The van der Waals surface area contributed by atoms with Crippen LogP contribution in [0.15, 0.2) is 36.8 Å². The van der Waals surface area contributed by atoms with Gasteiger partial charge in [0.25, 0.3) is 0 Å². The van der Waals surface area contributed by atoms with Crippen LogP contribution in [0.5, 0.6) is 5.75 Å². The van der Waals surface area contributed by atoms with Gasteiger partial charge in [0, 0.05) is 31.2 Å². The molecule has 8 nitrogen and oxygen atoms in total. The third-order valence-electron chi connectivity index (χ3n) is 4.39. The van der Waals surface area contributed by atoms with Gasteiger partial charge in [-0.2, -0.15) is 5.10 Å². The number of fused-ring (bicyclic) bond motifs is 1. The number of hydrogen-bond donors (Lipinski definition) is 2. The molecule has 2 N–H and O–H groups in total. The maximum Gasteiger partial charge on any atom is 0.407 e. The van der Waals surface area contributed by atoms with E-state index in [1.54, 1.807) is 10.7 Å². The van der Waals surface area contributed by atoms with Crippen molar-refractivity contribution in [1.82, 2.24) is 19.9 Å². The Morgan fingerprint density at radius 2 is 2.07 bits per heavy atom. The second-order valence-corrected chi connectivity index (χ2v) is 8.04. The number of aromatic nitrogens is 3. The molecule has 0 fully saturated rings. The summed E-state index contributed by atoms with van der Waals surface area (Å²) in [6.45, 7) is 8.41. The molecule has 8 heteroatoms. The number of aliphatic hydroxyl groups excluding tert-OH is 1.